The summed E-state index contributed by atoms with van der Waals surface area (Å²) in [6.45, 7) is 8.61. The molecular formula is C15H25N3. The fourth-order valence-electron chi connectivity index (χ4n) is 2.28. The first-order valence-corrected chi connectivity index (χ1v) is 7.24. The van der Waals surface area contributed by atoms with Gasteiger partial charge in [0.25, 0.3) is 0 Å². The highest BCUT2D eigenvalue weighted by Crippen LogP contribution is 2.31. The Labute approximate surface area is 111 Å². The van der Waals surface area contributed by atoms with E-state index in [1.807, 2.05) is 12.3 Å². The van der Waals surface area contributed by atoms with Gasteiger partial charge in [-0.3, -0.25) is 0 Å². The third-order valence-corrected chi connectivity index (χ3v) is 3.40. The van der Waals surface area contributed by atoms with E-state index in [0.29, 0.717) is 0 Å². The van der Waals surface area contributed by atoms with Crippen molar-refractivity contribution in [1.29, 1.82) is 0 Å². The van der Waals surface area contributed by atoms with Crippen LogP contribution in [0.25, 0.3) is 0 Å². The summed E-state index contributed by atoms with van der Waals surface area (Å²) in [6.07, 6.45) is 5.90. The van der Waals surface area contributed by atoms with Crippen molar-refractivity contribution in [2.75, 3.05) is 24.5 Å². The number of anilines is 1. The van der Waals surface area contributed by atoms with E-state index in [1.54, 1.807) is 0 Å². The van der Waals surface area contributed by atoms with E-state index in [1.165, 1.54) is 37.2 Å². The lowest BCUT2D eigenvalue weighted by Gasteiger charge is -2.25. The SMILES string of the molecule is CCCN(CC1CC1)c1ncccc1CNCC. The summed E-state index contributed by atoms with van der Waals surface area (Å²) in [5.41, 5.74) is 1.33. The smallest absolute Gasteiger partial charge is 0.133 e. The Hall–Kier alpha value is -1.09. The normalized spacial score (nSPS) is 14.8. The summed E-state index contributed by atoms with van der Waals surface area (Å²) in [6, 6.07) is 4.23. The molecule has 0 bridgehead atoms. The number of hydrogen-bond acceptors (Lipinski definition) is 3. The summed E-state index contributed by atoms with van der Waals surface area (Å²) in [5.74, 6) is 2.10. The summed E-state index contributed by atoms with van der Waals surface area (Å²) < 4.78 is 0. The highest BCUT2D eigenvalue weighted by molar-refractivity contribution is 5.46. The number of pyridine rings is 1. The summed E-state index contributed by atoms with van der Waals surface area (Å²) in [7, 11) is 0. The zero-order chi connectivity index (χ0) is 12.8. The summed E-state index contributed by atoms with van der Waals surface area (Å²) in [5, 5.41) is 3.40. The fraction of sp³-hybridized carbons (Fsp3) is 0.667. The second-order valence-electron chi connectivity index (χ2n) is 5.16. The Kier molecular flexibility index (Phi) is 5.00. The Balaban J connectivity index is 2.10. The average Bonchev–Trinajstić information content (AvgIpc) is 3.20. The van der Waals surface area contributed by atoms with Gasteiger partial charge in [-0.25, -0.2) is 4.98 Å². The molecule has 1 fully saturated rings. The zero-order valence-corrected chi connectivity index (χ0v) is 11.7. The van der Waals surface area contributed by atoms with E-state index >= 15 is 0 Å². The van der Waals surface area contributed by atoms with Crippen LogP contribution in [0.4, 0.5) is 5.82 Å². The minimum atomic E-state index is 0.908. The van der Waals surface area contributed by atoms with Crippen molar-refractivity contribution in [3.8, 4) is 0 Å². The van der Waals surface area contributed by atoms with Crippen LogP contribution in [0.2, 0.25) is 0 Å². The highest BCUT2D eigenvalue weighted by atomic mass is 15.2. The molecule has 0 radical (unpaired) electrons. The minimum Gasteiger partial charge on any atom is -0.356 e. The van der Waals surface area contributed by atoms with Crippen molar-refractivity contribution in [3.05, 3.63) is 23.9 Å². The van der Waals surface area contributed by atoms with Crippen LogP contribution < -0.4 is 10.2 Å². The first kappa shape index (κ1) is 13.3. The van der Waals surface area contributed by atoms with Crippen molar-refractivity contribution in [3.63, 3.8) is 0 Å². The van der Waals surface area contributed by atoms with Gasteiger partial charge in [-0.05, 0) is 37.8 Å². The van der Waals surface area contributed by atoms with Gasteiger partial charge in [0.15, 0.2) is 0 Å². The van der Waals surface area contributed by atoms with E-state index in [2.05, 4.69) is 35.1 Å². The van der Waals surface area contributed by atoms with Gasteiger partial charge in [-0.15, -0.1) is 0 Å². The monoisotopic (exact) mass is 247 g/mol. The molecule has 1 aliphatic rings. The van der Waals surface area contributed by atoms with Crippen molar-refractivity contribution in [1.82, 2.24) is 10.3 Å². The minimum absolute atomic E-state index is 0.908. The largest absolute Gasteiger partial charge is 0.356 e. The molecule has 1 aromatic heterocycles. The van der Waals surface area contributed by atoms with E-state index < -0.39 is 0 Å². The van der Waals surface area contributed by atoms with Crippen LogP contribution in [-0.2, 0) is 6.54 Å². The lowest BCUT2D eigenvalue weighted by atomic mass is 10.2. The van der Waals surface area contributed by atoms with Crippen LogP contribution in [0.15, 0.2) is 18.3 Å². The molecule has 1 N–H and O–H groups in total. The third-order valence-electron chi connectivity index (χ3n) is 3.40. The fourth-order valence-corrected chi connectivity index (χ4v) is 2.28. The topological polar surface area (TPSA) is 28.2 Å². The molecule has 0 atom stereocenters. The molecular weight excluding hydrogens is 222 g/mol. The standard InChI is InChI=1S/C15H25N3/c1-3-10-18(12-13-7-8-13)15-14(11-16-4-2)6-5-9-17-15/h5-6,9,13,16H,3-4,7-8,10-12H2,1-2H3. The lowest BCUT2D eigenvalue weighted by molar-refractivity contribution is 0.679. The Morgan fingerprint density at radius 1 is 1.39 bits per heavy atom. The van der Waals surface area contributed by atoms with Crippen molar-refractivity contribution < 1.29 is 0 Å². The maximum atomic E-state index is 4.62. The average molecular weight is 247 g/mol. The van der Waals surface area contributed by atoms with E-state index in [0.717, 1.165) is 25.6 Å². The van der Waals surface area contributed by atoms with E-state index in [4.69, 9.17) is 0 Å². The Morgan fingerprint density at radius 3 is 2.89 bits per heavy atom. The molecule has 0 unspecified atom stereocenters. The second kappa shape index (κ2) is 6.74. The predicted molar refractivity (Wildman–Crippen MR) is 76.8 cm³/mol. The summed E-state index contributed by atoms with van der Waals surface area (Å²) in [4.78, 5) is 7.09. The van der Waals surface area contributed by atoms with Crippen LogP contribution >= 0.6 is 0 Å². The zero-order valence-electron chi connectivity index (χ0n) is 11.7. The number of aromatic nitrogens is 1. The van der Waals surface area contributed by atoms with Crippen LogP contribution in [-0.4, -0.2) is 24.6 Å². The van der Waals surface area contributed by atoms with Gasteiger partial charge >= 0.3 is 0 Å². The molecule has 0 aliphatic heterocycles. The van der Waals surface area contributed by atoms with Gasteiger partial charge in [0, 0.05) is 31.4 Å². The van der Waals surface area contributed by atoms with Gasteiger partial charge < -0.3 is 10.2 Å². The molecule has 0 aromatic carbocycles. The quantitative estimate of drug-likeness (QED) is 0.765. The molecule has 0 spiro atoms. The molecule has 3 heteroatoms. The molecule has 1 heterocycles. The molecule has 1 saturated carbocycles. The molecule has 3 nitrogen and oxygen atoms in total. The van der Waals surface area contributed by atoms with Crippen molar-refractivity contribution in [2.45, 2.75) is 39.7 Å². The van der Waals surface area contributed by atoms with Crippen LogP contribution in [0.3, 0.4) is 0 Å². The molecule has 18 heavy (non-hydrogen) atoms. The van der Waals surface area contributed by atoms with Crippen molar-refractivity contribution in [2.24, 2.45) is 5.92 Å². The molecule has 1 aliphatic carbocycles. The van der Waals surface area contributed by atoms with Gasteiger partial charge in [0.1, 0.15) is 5.82 Å². The molecule has 2 rings (SSSR count). The molecule has 100 valence electrons. The van der Waals surface area contributed by atoms with Gasteiger partial charge in [0.2, 0.25) is 0 Å². The van der Waals surface area contributed by atoms with Crippen molar-refractivity contribution >= 4 is 5.82 Å². The van der Waals surface area contributed by atoms with E-state index in [9.17, 15) is 0 Å². The van der Waals surface area contributed by atoms with E-state index in [-0.39, 0.29) is 0 Å². The molecule has 0 amide bonds. The Morgan fingerprint density at radius 2 is 2.22 bits per heavy atom. The molecule has 0 saturated heterocycles. The first-order valence-electron chi connectivity index (χ1n) is 7.24. The summed E-state index contributed by atoms with van der Waals surface area (Å²) >= 11 is 0. The predicted octanol–water partition coefficient (Wildman–Crippen LogP) is 2.82. The maximum absolute atomic E-state index is 4.62. The van der Waals surface area contributed by atoms with Crippen LogP contribution in [0.5, 0.6) is 0 Å². The van der Waals surface area contributed by atoms with Gasteiger partial charge in [-0.1, -0.05) is 19.9 Å². The van der Waals surface area contributed by atoms with Crippen LogP contribution in [0, 0.1) is 5.92 Å². The highest BCUT2D eigenvalue weighted by Gasteiger charge is 2.25. The second-order valence-corrected chi connectivity index (χ2v) is 5.16. The Bertz CT molecular complexity index is 361. The first-order chi connectivity index (χ1) is 8.85. The number of rotatable bonds is 8. The number of nitrogens with one attached hydrogen (secondary N) is 1. The number of hydrogen-bond donors (Lipinski definition) is 1. The van der Waals surface area contributed by atoms with Crippen LogP contribution in [0.1, 0.15) is 38.7 Å². The third kappa shape index (κ3) is 3.70. The maximum Gasteiger partial charge on any atom is 0.133 e. The number of nitrogens with zero attached hydrogens (tertiary/aromatic N) is 2. The lowest BCUT2D eigenvalue weighted by Crippen LogP contribution is -2.29. The molecule has 1 aromatic rings. The van der Waals surface area contributed by atoms with Gasteiger partial charge in [0.05, 0.1) is 0 Å². The van der Waals surface area contributed by atoms with Gasteiger partial charge in [-0.2, -0.15) is 0 Å².